The summed E-state index contributed by atoms with van der Waals surface area (Å²) in [5, 5.41) is 10.6. The largest absolute Gasteiger partial charge is 0.492 e. The van der Waals surface area contributed by atoms with Crippen molar-refractivity contribution in [3.05, 3.63) is 142 Å². The van der Waals surface area contributed by atoms with Crippen molar-refractivity contribution in [1.82, 2.24) is 14.5 Å². The number of aromatic nitrogens is 3. The zero-order valence-corrected chi connectivity index (χ0v) is 23.7. The minimum atomic E-state index is -0.652. The first-order chi connectivity index (χ1) is 21.6. The Morgan fingerprint density at radius 2 is 1.55 bits per heavy atom. The lowest BCUT2D eigenvalue weighted by atomic mass is 10.1. The highest BCUT2D eigenvalue weighted by Gasteiger charge is 2.17. The van der Waals surface area contributed by atoms with Gasteiger partial charge in [-0.3, -0.25) is 0 Å². The molecule has 0 aliphatic rings. The Kier molecular flexibility index (Phi) is 8.68. The average Bonchev–Trinajstić information content (AvgIpc) is 3.86. The maximum absolute atomic E-state index is 12.4. The number of rotatable bonds is 13. The van der Waals surface area contributed by atoms with Gasteiger partial charge in [-0.1, -0.05) is 42.5 Å². The quantitative estimate of drug-likeness (QED) is 0.153. The molecule has 0 saturated carbocycles. The van der Waals surface area contributed by atoms with Crippen LogP contribution in [0.25, 0.3) is 24.3 Å². The number of aromatic hydroxyl groups is 1. The third kappa shape index (κ3) is 7.35. The van der Waals surface area contributed by atoms with Gasteiger partial charge >= 0.3 is 5.76 Å². The number of benzene rings is 2. The van der Waals surface area contributed by atoms with Crippen molar-refractivity contribution in [1.29, 1.82) is 0 Å². The number of hydrogen-bond donors (Lipinski definition) is 1. The molecule has 10 nitrogen and oxygen atoms in total. The summed E-state index contributed by atoms with van der Waals surface area (Å²) in [7, 11) is 0. The van der Waals surface area contributed by atoms with Crippen molar-refractivity contribution in [2.24, 2.45) is 0 Å². The van der Waals surface area contributed by atoms with E-state index >= 15 is 0 Å². The first-order valence-corrected chi connectivity index (χ1v) is 14.1. The zero-order valence-electron chi connectivity index (χ0n) is 23.7. The van der Waals surface area contributed by atoms with Gasteiger partial charge in [0.15, 0.2) is 5.76 Å². The molecule has 4 aromatic heterocycles. The van der Waals surface area contributed by atoms with Crippen molar-refractivity contribution in [3.8, 4) is 11.6 Å². The van der Waals surface area contributed by atoms with Gasteiger partial charge in [-0.15, -0.1) is 0 Å². The highest BCUT2D eigenvalue weighted by molar-refractivity contribution is 5.66. The molecule has 0 bridgehead atoms. The Morgan fingerprint density at radius 3 is 2.32 bits per heavy atom. The standard InChI is InChI=1S/C34H29N3O7/c38-33-30(44-34(39)37(33)20-26-21-42-32(35-26)18-16-28-9-5-19-40-28)10-4-8-25-11-14-29(15-12-25)41-22-27-23-43-31(36-27)17-13-24-6-2-1-3-7-24/h1-3,5-7,9,11-19,21,23,38H,4,8,10,20,22H2. The summed E-state index contributed by atoms with van der Waals surface area (Å²) in [6.45, 7) is 0.308. The maximum atomic E-state index is 12.4. The summed E-state index contributed by atoms with van der Waals surface area (Å²) < 4.78 is 28.5. The first-order valence-electron chi connectivity index (χ1n) is 14.1. The van der Waals surface area contributed by atoms with Gasteiger partial charge in [0.2, 0.25) is 17.7 Å². The van der Waals surface area contributed by atoms with E-state index in [2.05, 4.69) is 9.97 Å². The van der Waals surface area contributed by atoms with Gasteiger partial charge < -0.3 is 27.5 Å². The topological polar surface area (TPSA) is 130 Å². The minimum absolute atomic E-state index is 0.0216. The summed E-state index contributed by atoms with van der Waals surface area (Å²) in [6, 6.07) is 21.3. The Morgan fingerprint density at radius 1 is 0.795 bits per heavy atom. The summed E-state index contributed by atoms with van der Waals surface area (Å²) >= 11 is 0. The maximum Gasteiger partial charge on any atom is 0.422 e. The van der Waals surface area contributed by atoms with E-state index in [0.717, 1.165) is 22.1 Å². The Hall–Kier alpha value is -5.77. The van der Waals surface area contributed by atoms with E-state index in [9.17, 15) is 9.90 Å². The lowest BCUT2D eigenvalue weighted by Gasteiger charge is -2.06. The van der Waals surface area contributed by atoms with Gasteiger partial charge in [-0.05, 0) is 60.4 Å². The number of nitrogens with zero attached hydrogens (tertiary/aromatic N) is 3. The molecule has 10 heteroatoms. The normalized spacial score (nSPS) is 11.6. The van der Waals surface area contributed by atoms with Gasteiger partial charge in [0.05, 0.1) is 18.5 Å². The predicted molar refractivity (Wildman–Crippen MR) is 163 cm³/mol. The Balaban J connectivity index is 0.963. The summed E-state index contributed by atoms with van der Waals surface area (Å²) in [5.41, 5.74) is 3.32. The number of ether oxygens (including phenoxy) is 1. The molecule has 0 aliphatic heterocycles. The molecule has 222 valence electrons. The molecule has 6 aromatic rings. The first kappa shape index (κ1) is 28.4. The lowest BCUT2D eigenvalue weighted by Crippen LogP contribution is -2.14. The lowest BCUT2D eigenvalue weighted by molar-refractivity contribution is 0.301. The van der Waals surface area contributed by atoms with Crippen LogP contribution >= 0.6 is 0 Å². The van der Waals surface area contributed by atoms with Crippen molar-refractivity contribution in [2.45, 2.75) is 32.4 Å². The second-order valence-electron chi connectivity index (χ2n) is 9.93. The highest BCUT2D eigenvalue weighted by atomic mass is 16.5. The third-order valence-corrected chi connectivity index (χ3v) is 6.73. The second kappa shape index (κ2) is 13.5. The predicted octanol–water partition coefficient (Wildman–Crippen LogP) is 6.86. The fraction of sp³-hybridized carbons (Fsp3) is 0.147. The SMILES string of the molecule is O=c1oc(CCCc2ccc(OCc3coc(C=Cc4ccccc4)n3)cc2)c(O)n1Cc1coc(C=Cc2ccco2)n1. The van der Waals surface area contributed by atoms with Gasteiger partial charge in [0.25, 0.3) is 0 Å². The fourth-order valence-electron chi connectivity index (χ4n) is 4.48. The molecule has 0 saturated heterocycles. The van der Waals surface area contributed by atoms with E-state index in [4.69, 9.17) is 22.4 Å². The molecular weight excluding hydrogens is 562 g/mol. The Labute approximate surface area is 252 Å². The van der Waals surface area contributed by atoms with Gasteiger partial charge in [-0.25, -0.2) is 19.3 Å². The molecule has 6 rings (SSSR count). The van der Waals surface area contributed by atoms with Gasteiger partial charge in [0.1, 0.15) is 36.3 Å². The van der Waals surface area contributed by atoms with Crippen LogP contribution in [-0.4, -0.2) is 19.6 Å². The number of aryl methyl sites for hydroxylation is 2. The number of furan rings is 1. The molecule has 44 heavy (non-hydrogen) atoms. The molecule has 0 spiro atoms. The molecule has 0 aliphatic carbocycles. The van der Waals surface area contributed by atoms with Crippen LogP contribution in [0.4, 0.5) is 0 Å². The molecule has 2 aromatic carbocycles. The van der Waals surface area contributed by atoms with Gasteiger partial charge in [0, 0.05) is 18.6 Å². The van der Waals surface area contributed by atoms with E-state index in [1.165, 1.54) is 6.26 Å². The van der Waals surface area contributed by atoms with Crippen molar-refractivity contribution in [2.75, 3.05) is 0 Å². The molecule has 0 unspecified atom stereocenters. The third-order valence-electron chi connectivity index (χ3n) is 6.73. The molecule has 0 fully saturated rings. The average molecular weight is 592 g/mol. The minimum Gasteiger partial charge on any atom is -0.492 e. The number of hydrogen-bond acceptors (Lipinski definition) is 9. The molecule has 0 amide bonds. The molecule has 0 radical (unpaired) electrons. The van der Waals surface area contributed by atoms with Crippen LogP contribution in [0, 0.1) is 0 Å². The van der Waals surface area contributed by atoms with Crippen LogP contribution in [0.15, 0.2) is 108 Å². The van der Waals surface area contributed by atoms with Crippen LogP contribution in [-0.2, 0) is 26.0 Å². The zero-order chi connectivity index (χ0) is 30.1. The van der Waals surface area contributed by atoms with E-state index in [1.807, 2.05) is 66.7 Å². The number of oxazole rings is 3. The summed E-state index contributed by atoms with van der Waals surface area (Å²) in [4.78, 5) is 21.2. The van der Waals surface area contributed by atoms with Crippen LogP contribution in [0.1, 0.15) is 52.2 Å². The molecule has 0 atom stereocenters. The summed E-state index contributed by atoms with van der Waals surface area (Å²) in [6.07, 6.45) is 13.5. The van der Waals surface area contributed by atoms with E-state index in [1.54, 1.807) is 36.8 Å². The van der Waals surface area contributed by atoms with E-state index in [-0.39, 0.29) is 24.8 Å². The molecule has 4 heterocycles. The second-order valence-corrected chi connectivity index (χ2v) is 9.93. The molecular formula is C34H29N3O7. The molecule has 1 N–H and O–H groups in total. The van der Waals surface area contributed by atoms with Crippen LogP contribution < -0.4 is 10.5 Å². The van der Waals surface area contributed by atoms with Crippen LogP contribution in [0.3, 0.4) is 0 Å². The van der Waals surface area contributed by atoms with Crippen molar-refractivity contribution >= 4 is 24.3 Å². The fourth-order valence-corrected chi connectivity index (χ4v) is 4.48. The van der Waals surface area contributed by atoms with Crippen molar-refractivity contribution in [3.63, 3.8) is 0 Å². The smallest absolute Gasteiger partial charge is 0.422 e. The van der Waals surface area contributed by atoms with Crippen molar-refractivity contribution < 1.29 is 27.5 Å². The van der Waals surface area contributed by atoms with E-state index in [0.29, 0.717) is 47.5 Å². The Bertz CT molecular complexity index is 1890. The van der Waals surface area contributed by atoms with E-state index < -0.39 is 5.76 Å². The van der Waals surface area contributed by atoms with Crippen LogP contribution in [0.5, 0.6) is 11.6 Å². The monoisotopic (exact) mass is 591 g/mol. The highest BCUT2D eigenvalue weighted by Crippen LogP contribution is 2.21. The van der Waals surface area contributed by atoms with Gasteiger partial charge in [-0.2, -0.15) is 0 Å². The van der Waals surface area contributed by atoms with Crippen LogP contribution in [0.2, 0.25) is 0 Å². The summed E-state index contributed by atoms with van der Waals surface area (Å²) in [5.74, 6) is 1.62.